The van der Waals surface area contributed by atoms with E-state index in [2.05, 4.69) is 22.3 Å². The van der Waals surface area contributed by atoms with Crippen molar-refractivity contribution in [2.45, 2.75) is 26.3 Å². The summed E-state index contributed by atoms with van der Waals surface area (Å²) in [4.78, 5) is 16.2. The lowest BCUT2D eigenvalue weighted by molar-refractivity contribution is 0.0952. The molecule has 1 amide bonds. The first-order valence-corrected chi connectivity index (χ1v) is 8.57. The number of aryl methyl sites for hydroxylation is 1. The SMILES string of the molecule is CCCc1ccc(C(=O)NCCn2ccc(-c3ccncc3)n2)cc1. The van der Waals surface area contributed by atoms with Crippen LogP contribution in [0.15, 0.2) is 61.1 Å². The highest BCUT2D eigenvalue weighted by molar-refractivity contribution is 5.94. The molecule has 25 heavy (non-hydrogen) atoms. The fourth-order valence-electron chi connectivity index (χ4n) is 2.66. The molecule has 0 fully saturated rings. The van der Waals surface area contributed by atoms with E-state index in [1.807, 2.05) is 53.3 Å². The van der Waals surface area contributed by atoms with Gasteiger partial charge in [0.25, 0.3) is 5.91 Å². The first-order chi connectivity index (χ1) is 12.3. The third kappa shape index (κ3) is 4.53. The quantitative estimate of drug-likeness (QED) is 0.721. The van der Waals surface area contributed by atoms with Crippen LogP contribution in [0.4, 0.5) is 0 Å². The van der Waals surface area contributed by atoms with Crippen LogP contribution in [-0.2, 0) is 13.0 Å². The van der Waals surface area contributed by atoms with Gasteiger partial charge in [-0.05, 0) is 42.3 Å². The van der Waals surface area contributed by atoms with Crippen LogP contribution >= 0.6 is 0 Å². The van der Waals surface area contributed by atoms with E-state index in [9.17, 15) is 4.79 Å². The second kappa shape index (κ2) is 8.24. The van der Waals surface area contributed by atoms with Crippen molar-refractivity contribution in [3.05, 3.63) is 72.2 Å². The van der Waals surface area contributed by atoms with Gasteiger partial charge in [-0.3, -0.25) is 14.5 Å². The Balaban J connectivity index is 1.51. The van der Waals surface area contributed by atoms with Crippen molar-refractivity contribution in [2.75, 3.05) is 6.54 Å². The number of hydrogen-bond donors (Lipinski definition) is 1. The maximum Gasteiger partial charge on any atom is 0.251 e. The molecule has 3 rings (SSSR count). The number of amides is 1. The van der Waals surface area contributed by atoms with Gasteiger partial charge in [0, 0.05) is 36.3 Å². The van der Waals surface area contributed by atoms with Crippen LogP contribution in [0, 0.1) is 0 Å². The molecule has 1 aromatic carbocycles. The van der Waals surface area contributed by atoms with Crippen LogP contribution in [0.1, 0.15) is 29.3 Å². The van der Waals surface area contributed by atoms with Gasteiger partial charge in [-0.1, -0.05) is 25.5 Å². The number of carbonyl (C=O) groups is 1. The van der Waals surface area contributed by atoms with Crippen LogP contribution in [-0.4, -0.2) is 27.2 Å². The summed E-state index contributed by atoms with van der Waals surface area (Å²) in [6.45, 7) is 3.31. The van der Waals surface area contributed by atoms with E-state index >= 15 is 0 Å². The van der Waals surface area contributed by atoms with Crippen LogP contribution in [0.25, 0.3) is 11.3 Å². The molecule has 0 unspecified atom stereocenters. The molecule has 0 aliphatic rings. The van der Waals surface area contributed by atoms with Gasteiger partial charge in [0.05, 0.1) is 12.2 Å². The average molecular weight is 334 g/mol. The van der Waals surface area contributed by atoms with Gasteiger partial charge in [0.15, 0.2) is 0 Å². The summed E-state index contributed by atoms with van der Waals surface area (Å²) in [6.07, 6.45) is 7.57. The number of carbonyl (C=O) groups excluding carboxylic acids is 1. The van der Waals surface area contributed by atoms with Crippen LogP contribution < -0.4 is 5.32 Å². The maximum absolute atomic E-state index is 12.2. The smallest absolute Gasteiger partial charge is 0.251 e. The topological polar surface area (TPSA) is 59.8 Å². The van der Waals surface area contributed by atoms with Gasteiger partial charge < -0.3 is 5.32 Å². The highest BCUT2D eigenvalue weighted by Crippen LogP contribution is 2.14. The Kier molecular flexibility index (Phi) is 5.57. The largest absolute Gasteiger partial charge is 0.350 e. The zero-order valence-electron chi connectivity index (χ0n) is 14.4. The predicted octanol–water partition coefficient (Wildman–Crippen LogP) is 3.33. The summed E-state index contributed by atoms with van der Waals surface area (Å²) in [5, 5.41) is 7.46. The number of rotatable bonds is 7. The highest BCUT2D eigenvalue weighted by atomic mass is 16.1. The maximum atomic E-state index is 12.2. The lowest BCUT2D eigenvalue weighted by Gasteiger charge is -2.06. The minimum atomic E-state index is -0.0513. The summed E-state index contributed by atoms with van der Waals surface area (Å²) in [7, 11) is 0. The van der Waals surface area contributed by atoms with Gasteiger partial charge in [0.2, 0.25) is 0 Å². The molecular formula is C20H22N4O. The lowest BCUT2D eigenvalue weighted by Crippen LogP contribution is -2.27. The molecule has 128 valence electrons. The van der Waals surface area contributed by atoms with Crippen molar-refractivity contribution >= 4 is 5.91 Å². The van der Waals surface area contributed by atoms with Crippen molar-refractivity contribution in [2.24, 2.45) is 0 Å². The number of benzene rings is 1. The first-order valence-electron chi connectivity index (χ1n) is 8.57. The van der Waals surface area contributed by atoms with E-state index < -0.39 is 0 Å². The minimum absolute atomic E-state index is 0.0513. The molecule has 0 saturated heterocycles. The number of nitrogens with one attached hydrogen (secondary N) is 1. The number of aromatic nitrogens is 3. The van der Waals surface area contributed by atoms with Crippen molar-refractivity contribution in [1.82, 2.24) is 20.1 Å². The molecular weight excluding hydrogens is 312 g/mol. The Labute approximate surface area is 147 Å². The molecule has 2 aromatic heterocycles. The molecule has 0 aliphatic heterocycles. The molecule has 0 aliphatic carbocycles. The molecule has 5 nitrogen and oxygen atoms in total. The monoisotopic (exact) mass is 334 g/mol. The zero-order valence-corrected chi connectivity index (χ0v) is 14.4. The molecule has 0 atom stereocenters. The Morgan fingerprint density at radius 1 is 1.08 bits per heavy atom. The average Bonchev–Trinajstić information content (AvgIpc) is 3.12. The summed E-state index contributed by atoms with van der Waals surface area (Å²) in [6, 6.07) is 13.6. The van der Waals surface area contributed by atoms with Gasteiger partial charge in [0.1, 0.15) is 0 Å². The van der Waals surface area contributed by atoms with Crippen molar-refractivity contribution in [3.8, 4) is 11.3 Å². The molecule has 1 N–H and O–H groups in total. The fourth-order valence-corrected chi connectivity index (χ4v) is 2.66. The van der Waals surface area contributed by atoms with E-state index in [1.165, 1.54) is 5.56 Å². The van der Waals surface area contributed by atoms with Crippen LogP contribution in [0.2, 0.25) is 0 Å². The minimum Gasteiger partial charge on any atom is -0.350 e. The third-order valence-corrected chi connectivity index (χ3v) is 4.00. The summed E-state index contributed by atoms with van der Waals surface area (Å²) < 4.78 is 1.83. The van der Waals surface area contributed by atoms with E-state index in [-0.39, 0.29) is 5.91 Å². The van der Waals surface area contributed by atoms with Gasteiger partial charge in [-0.15, -0.1) is 0 Å². The van der Waals surface area contributed by atoms with Gasteiger partial charge >= 0.3 is 0 Å². The van der Waals surface area contributed by atoms with E-state index in [1.54, 1.807) is 12.4 Å². The lowest BCUT2D eigenvalue weighted by atomic mass is 10.1. The number of pyridine rings is 1. The van der Waals surface area contributed by atoms with Crippen molar-refractivity contribution in [1.29, 1.82) is 0 Å². The first kappa shape index (κ1) is 16.9. The molecule has 3 aromatic rings. The van der Waals surface area contributed by atoms with Gasteiger partial charge in [-0.2, -0.15) is 5.10 Å². The van der Waals surface area contributed by atoms with E-state index in [0.29, 0.717) is 18.7 Å². The molecule has 0 spiro atoms. The Morgan fingerprint density at radius 3 is 2.56 bits per heavy atom. The van der Waals surface area contributed by atoms with Crippen molar-refractivity contribution in [3.63, 3.8) is 0 Å². The van der Waals surface area contributed by atoms with Crippen LogP contribution in [0.5, 0.6) is 0 Å². The predicted molar refractivity (Wildman–Crippen MR) is 98.2 cm³/mol. The third-order valence-electron chi connectivity index (χ3n) is 4.00. The number of nitrogens with zero attached hydrogens (tertiary/aromatic N) is 3. The van der Waals surface area contributed by atoms with E-state index in [0.717, 1.165) is 24.1 Å². The highest BCUT2D eigenvalue weighted by Gasteiger charge is 2.06. The Hall–Kier alpha value is -2.95. The summed E-state index contributed by atoms with van der Waals surface area (Å²) in [5.41, 5.74) is 3.89. The Bertz CT molecular complexity index is 809. The summed E-state index contributed by atoms with van der Waals surface area (Å²) >= 11 is 0. The van der Waals surface area contributed by atoms with Crippen LogP contribution in [0.3, 0.4) is 0 Å². The second-order valence-electron chi connectivity index (χ2n) is 5.90. The van der Waals surface area contributed by atoms with E-state index in [4.69, 9.17) is 0 Å². The molecule has 5 heteroatoms. The fraction of sp³-hybridized carbons (Fsp3) is 0.250. The second-order valence-corrected chi connectivity index (χ2v) is 5.90. The molecule has 0 saturated carbocycles. The number of hydrogen-bond acceptors (Lipinski definition) is 3. The summed E-state index contributed by atoms with van der Waals surface area (Å²) in [5.74, 6) is -0.0513. The van der Waals surface area contributed by atoms with Crippen molar-refractivity contribution < 1.29 is 4.79 Å². The zero-order chi connectivity index (χ0) is 17.5. The standard InChI is InChI=1S/C20H22N4O/c1-2-3-16-4-6-18(7-5-16)20(25)22-13-15-24-14-10-19(23-24)17-8-11-21-12-9-17/h4-12,14H,2-3,13,15H2,1H3,(H,22,25). The molecule has 0 bridgehead atoms. The Morgan fingerprint density at radius 2 is 1.84 bits per heavy atom. The van der Waals surface area contributed by atoms with Gasteiger partial charge in [-0.25, -0.2) is 0 Å². The molecule has 2 heterocycles. The molecule has 0 radical (unpaired) electrons. The normalized spacial score (nSPS) is 10.6.